The van der Waals surface area contributed by atoms with Gasteiger partial charge in [0.05, 0.1) is 4.92 Å². The lowest BCUT2D eigenvalue weighted by atomic mass is 10.1. The predicted molar refractivity (Wildman–Crippen MR) is 69.2 cm³/mol. The minimum Gasteiger partial charge on any atom is -0.480 e. The molecule has 1 aliphatic rings. The zero-order chi connectivity index (χ0) is 14.0. The second-order valence-corrected chi connectivity index (χ2v) is 4.93. The molecular weight excluding hydrogens is 272 g/mol. The molecule has 1 aromatic rings. The van der Waals surface area contributed by atoms with E-state index in [4.69, 9.17) is 16.7 Å². The van der Waals surface area contributed by atoms with Crippen molar-refractivity contribution >= 4 is 23.3 Å². The first-order valence-corrected chi connectivity index (χ1v) is 6.26. The van der Waals surface area contributed by atoms with Crippen molar-refractivity contribution in [2.45, 2.75) is 25.4 Å². The van der Waals surface area contributed by atoms with Crippen molar-refractivity contribution in [2.24, 2.45) is 0 Å². The molecule has 2 rings (SSSR count). The van der Waals surface area contributed by atoms with E-state index in [1.54, 1.807) is 17.0 Å². The van der Waals surface area contributed by atoms with Crippen LogP contribution in [0.15, 0.2) is 18.2 Å². The maximum atomic E-state index is 11.1. The highest BCUT2D eigenvalue weighted by Crippen LogP contribution is 2.27. The summed E-state index contributed by atoms with van der Waals surface area (Å²) in [4.78, 5) is 23.3. The summed E-state index contributed by atoms with van der Waals surface area (Å²) in [6, 6.07) is 3.89. The van der Waals surface area contributed by atoms with Crippen molar-refractivity contribution in [2.75, 3.05) is 6.54 Å². The molecule has 1 heterocycles. The summed E-state index contributed by atoms with van der Waals surface area (Å²) in [5.41, 5.74) is 0.422. The number of carboxylic acid groups (broad SMARTS) is 1. The molecule has 102 valence electrons. The lowest BCUT2D eigenvalue weighted by Crippen LogP contribution is -2.35. The van der Waals surface area contributed by atoms with Crippen LogP contribution in [-0.2, 0) is 11.3 Å². The Morgan fingerprint density at radius 3 is 2.95 bits per heavy atom. The van der Waals surface area contributed by atoms with Gasteiger partial charge in [-0.2, -0.15) is 0 Å². The monoisotopic (exact) mass is 284 g/mol. The summed E-state index contributed by atoms with van der Waals surface area (Å²) >= 11 is 5.74. The molecule has 0 saturated carbocycles. The normalized spacial score (nSPS) is 19.5. The third-order valence-electron chi connectivity index (χ3n) is 3.27. The van der Waals surface area contributed by atoms with Crippen LogP contribution >= 0.6 is 11.6 Å². The van der Waals surface area contributed by atoms with Gasteiger partial charge in [0, 0.05) is 23.2 Å². The van der Waals surface area contributed by atoms with Crippen LogP contribution in [0.2, 0.25) is 5.02 Å². The van der Waals surface area contributed by atoms with E-state index in [1.807, 2.05) is 0 Å². The van der Waals surface area contributed by atoms with Crippen LogP contribution in [0, 0.1) is 10.1 Å². The van der Waals surface area contributed by atoms with E-state index in [-0.39, 0.29) is 12.2 Å². The number of rotatable bonds is 4. The van der Waals surface area contributed by atoms with E-state index in [0.29, 0.717) is 23.6 Å². The Kier molecular flexibility index (Phi) is 4.01. The number of carbonyl (C=O) groups is 1. The highest BCUT2D eigenvalue weighted by atomic mass is 35.5. The van der Waals surface area contributed by atoms with Gasteiger partial charge in [0.25, 0.3) is 5.69 Å². The molecular formula is C12H13ClN2O4. The van der Waals surface area contributed by atoms with Crippen LogP contribution in [-0.4, -0.2) is 33.5 Å². The maximum absolute atomic E-state index is 11.1. The summed E-state index contributed by atoms with van der Waals surface area (Å²) in [7, 11) is 0. The van der Waals surface area contributed by atoms with Crippen molar-refractivity contribution in [1.29, 1.82) is 0 Å². The van der Waals surface area contributed by atoms with Crippen LogP contribution < -0.4 is 0 Å². The van der Waals surface area contributed by atoms with Crippen LogP contribution in [0.5, 0.6) is 0 Å². The van der Waals surface area contributed by atoms with Crippen LogP contribution in [0.25, 0.3) is 0 Å². The maximum Gasteiger partial charge on any atom is 0.320 e. The topological polar surface area (TPSA) is 83.7 Å². The van der Waals surface area contributed by atoms with Crippen molar-refractivity contribution in [3.05, 3.63) is 38.9 Å². The van der Waals surface area contributed by atoms with Crippen LogP contribution in [0.4, 0.5) is 5.69 Å². The SMILES string of the molecule is O=C(O)[C@H]1CCCN1Cc1ccc(Cl)cc1[N+](=O)[O-]. The van der Waals surface area contributed by atoms with E-state index in [0.717, 1.165) is 6.42 Å². The first kappa shape index (κ1) is 13.8. The Morgan fingerprint density at radius 2 is 2.32 bits per heavy atom. The van der Waals surface area contributed by atoms with Gasteiger partial charge in [-0.15, -0.1) is 0 Å². The largest absolute Gasteiger partial charge is 0.480 e. The molecule has 19 heavy (non-hydrogen) atoms. The predicted octanol–water partition coefficient (Wildman–Crippen LogP) is 2.30. The lowest BCUT2D eigenvalue weighted by molar-refractivity contribution is -0.385. The summed E-state index contributed by atoms with van der Waals surface area (Å²) in [5.74, 6) is -0.880. The average molecular weight is 285 g/mol. The molecule has 0 amide bonds. The number of nitro groups is 1. The molecule has 0 unspecified atom stereocenters. The number of likely N-dealkylation sites (tertiary alicyclic amines) is 1. The van der Waals surface area contributed by atoms with Gasteiger partial charge in [-0.05, 0) is 31.5 Å². The second-order valence-electron chi connectivity index (χ2n) is 4.50. The number of carboxylic acids is 1. The number of benzene rings is 1. The van der Waals surface area contributed by atoms with E-state index < -0.39 is 16.9 Å². The van der Waals surface area contributed by atoms with E-state index in [9.17, 15) is 14.9 Å². The van der Waals surface area contributed by atoms with Crippen molar-refractivity contribution < 1.29 is 14.8 Å². The Morgan fingerprint density at radius 1 is 1.58 bits per heavy atom. The molecule has 0 bridgehead atoms. The number of halogens is 1. The molecule has 0 aromatic heterocycles. The smallest absolute Gasteiger partial charge is 0.320 e. The van der Waals surface area contributed by atoms with Gasteiger partial charge in [-0.25, -0.2) is 0 Å². The molecule has 1 aliphatic heterocycles. The quantitative estimate of drug-likeness (QED) is 0.677. The number of nitrogens with zero attached hydrogens (tertiary/aromatic N) is 2. The lowest BCUT2D eigenvalue weighted by Gasteiger charge is -2.20. The van der Waals surface area contributed by atoms with Gasteiger partial charge in [0.15, 0.2) is 0 Å². The zero-order valence-corrected chi connectivity index (χ0v) is 10.8. The highest BCUT2D eigenvalue weighted by Gasteiger charge is 2.31. The summed E-state index contributed by atoms with van der Waals surface area (Å²) in [6.45, 7) is 0.890. The minimum absolute atomic E-state index is 0.0662. The first-order valence-electron chi connectivity index (χ1n) is 5.88. The molecule has 0 spiro atoms. The molecule has 7 heteroatoms. The third-order valence-corrected chi connectivity index (χ3v) is 3.50. The van der Waals surface area contributed by atoms with Gasteiger partial charge in [0.1, 0.15) is 6.04 Å². The summed E-state index contributed by atoms with van der Waals surface area (Å²) in [6.07, 6.45) is 1.37. The van der Waals surface area contributed by atoms with Gasteiger partial charge in [-0.1, -0.05) is 11.6 Å². The van der Waals surface area contributed by atoms with Crippen molar-refractivity contribution in [3.63, 3.8) is 0 Å². The molecule has 1 aromatic carbocycles. The number of hydrogen-bond acceptors (Lipinski definition) is 4. The summed E-state index contributed by atoms with van der Waals surface area (Å²) in [5, 5.41) is 20.4. The summed E-state index contributed by atoms with van der Waals surface area (Å²) < 4.78 is 0. The first-order chi connectivity index (χ1) is 8.99. The van der Waals surface area contributed by atoms with Crippen molar-refractivity contribution in [3.8, 4) is 0 Å². The zero-order valence-electron chi connectivity index (χ0n) is 10.1. The fourth-order valence-electron chi connectivity index (χ4n) is 2.35. The Balaban J connectivity index is 2.23. The van der Waals surface area contributed by atoms with Crippen LogP contribution in [0.3, 0.4) is 0 Å². The van der Waals surface area contributed by atoms with E-state index in [1.165, 1.54) is 6.07 Å². The molecule has 0 radical (unpaired) electrons. The molecule has 0 aliphatic carbocycles. The van der Waals surface area contributed by atoms with Gasteiger partial charge < -0.3 is 5.11 Å². The molecule has 1 fully saturated rings. The molecule has 1 atom stereocenters. The number of hydrogen-bond donors (Lipinski definition) is 1. The Labute approximate surface area is 114 Å². The van der Waals surface area contributed by atoms with Gasteiger partial charge in [-0.3, -0.25) is 19.8 Å². The van der Waals surface area contributed by atoms with E-state index in [2.05, 4.69) is 0 Å². The molecule has 1 saturated heterocycles. The van der Waals surface area contributed by atoms with Gasteiger partial charge >= 0.3 is 5.97 Å². The highest BCUT2D eigenvalue weighted by molar-refractivity contribution is 6.30. The fraction of sp³-hybridized carbons (Fsp3) is 0.417. The average Bonchev–Trinajstić information content (AvgIpc) is 2.79. The Bertz CT molecular complexity index is 520. The van der Waals surface area contributed by atoms with Gasteiger partial charge in [0.2, 0.25) is 0 Å². The fourth-order valence-corrected chi connectivity index (χ4v) is 2.52. The van der Waals surface area contributed by atoms with Crippen LogP contribution in [0.1, 0.15) is 18.4 Å². The standard InChI is InChI=1S/C12H13ClN2O4/c13-9-4-3-8(11(6-9)15(18)19)7-14-5-1-2-10(14)12(16)17/h3-4,6,10H,1-2,5,7H2,(H,16,17)/t10-/m1/s1. The Hall–Kier alpha value is -1.66. The third kappa shape index (κ3) is 3.02. The number of aliphatic carboxylic acids is 1. The second kappa shape index (κ2) is 5.54. The molecule has 6 nitrogen and oxygen atoms in total. The van der Waals surface area contributed by atoms with E-state index >= 15 is 0 Å². The molecule has 1 N–H and O–H groups in total. The number of nitro benzene ring substituents is 1. The van der Waals surface area contributed by atoms with Crippen molar-refractivity contribution in [1.82, 2.24) is 4.90 Å². The minimum atomic E-state index is -0.880.